The fraction of sp³-hybridized carbons (Fsp3) is 0.385. The molecule has 0 saturated carbocycles. The van der Waals surface area contributed by atoms with Crippen molar-refractivity contribution in [2.45, 2.75) is 24.9 Å². The van der Waals surface area contributed by atoms with Gasteiger partial charge in [-0.1, -0.05) is 30.3 Å². The van der Waals surface area contributed by atoms with E-state index in [2.05, 4.69) is 10.6 Å². The van der Waals surface area contributed by atoms with Gasteiger partial charge in [0, 0.05) is 6.42 Å². The molecule has 96 valence electrons. The number of amides is 2. The van der Waals surface area contributed by atoms with Crippen molar-refractivity contribution in [3.63, 3.8) is 0 Å². The molecule has 0 unspecified atom stereocenters. The molecule has 1 aromatic rings. The van der Waals surface area contributed by atoms with E-state index in [1.165, 1.54) is 6.92 Å². The average Bonchev–Trinajstić information content (AvgIpc) is 2.37. The second-order valence-electron chi connectivity index (χ2n) is 4.70. The van der Waals surface area contributed by atoms with E-state index < -0.39 is 18.2 Å². The number of aliphatic hydroxyl groups is 1. The molecule has 1 fully saturated rings. The highest BCUT2D eigenvalue weighted by Crippen LogP contribution is 2.12. The van der Waals surface area contributed by atoms with Crippen molar-refractivity contribution in [3.8, 4) is 0 Å². The molecule has 1 saturated heterocycles. The molecular formula is C13H16N2O3. The van der Waals surface area contributed by atoms with Crippen molar-refractivity contribution < 1.29 is 14.7 Å². The summed E-state index contributed by atoms with van der Waals surface area (Å²) in [6.07, 6.45) is 0.444. The lowest BCUT2D eigenvalue weighted by atomic mass is 9.95. The Morgan fingerprint density at radius 1 is 1.28 bits per heavy atom. The Hall–Kier alpha value is -1.88. The number of piperazine rings is 1. The summed E-state index contributed by atoms with van der Waals surface area (Å²) in [6.45, 7) is 1.08. The Morgan fingerprint density at radius 3 is 2.56 bits per heavy atom. The van der Waals surface area contributed by atoms with Crippen LogP contribution in [0, 0.1) is 0 Å². The third-order valence-electron chi connectivity index (χ3n) is 3.12. The Kier molecular flexibility index (Phi) is 3.34. The van der Waals surface area contributed by atoms with Crippen LogP contribution in [0.5, 0.6) is 0 Å². The Bertz CT molecular complexity index is 461. The molecule has 2 rings (SSSR count). The van der Waals surface area contributed by atoms with Crippen LogP contribution in [0.2, 0.25) is 0 Å². The van der Waals surface area contributed by atoms with Crippen LogP contribution in [-0.4, -0.2) is 35.1 Å². The molecule has 18 heavy (non-hydrogen) atoms. The van der Waals surface area contributed by atoms with Crippen LogP contribution in [0.1, 0.15) is 12.5 Å². The van der Waals surface area contributed by atoms with Gasteiger partial charge in [-0.3, -0.25) is 9.59 Å². The van der Waals surface area contributed by atoms with Gasteiger partial charge in [-0.15, -0.1) is 0 Å². The lowest BCUT2D eigenvalue weighted by Crippen LogP contribution is -2.70. The summed E-state index contributed by atoms with van der Waals surface area (Å²) in [4.78, 5) is 23.7. The van der Waals surface area contributed by atoms with Crippen LogP contribution in [0.4, 0.5) is 0 Å². The van der Waals surface area contributed by atoms with Crippen LogP contribution >= 0.6 is 0 Å². The third-order valence-corrected chi connectivity index (χ3v) is 3.12. The highest BCUT2D eigenvalue weighted by atomic mass is 16.3. The quantitative estimate of drug-likeness (QED) is 0.680. The Morgan fingerprint density at radius 2 is 1.94 bits per heavy atom. The van der Waals surface area contributed by atoms with Crippen LogP contribution in [0.3, 0.4) is 0 Å². The van der Waals surface area contributed by atoms with E-state index in [0.29, 0.717) is 6.42 Å². The second kappa shape index (κ2) is 4.78. The third kappa shape index (κ3) is 2.36. The summed E-state index contributed by atoms with van der Waals surface area (Å²) in [7, 11) is 0. The Balaban J connectivity index is 2.09. The predicted molar refractivity (Wildman–Crippen MR) is 65.7 cm³/mol. The van der Waals surface area contributed by atoms with Crippen molar-refractivity contribution >= 4 is 11.8 Å². The predicted octanol–water partition coefficient (Wildman–Crippen LogP) is -0.405. The molecular weight excluding hydrogens is 232 g/mol. The van der Waals surface area contributed by atoms with Gasteiger partial charge in [0.15, 0.2) is 0 Å². The zero-order valence-electron chi connectivity index (χ0n) is 10.1. The minimum Gasteiger partial charge on any atom is -0.393 e. The molecule has 3 N–H and O–H groups in total. The second-order valence-corrected chi connectivity index (χ2v) is 4.70. The maximum Gasteiger partial charge on any atom is 0.248 e. The molecule has 1 aliphatic heterocycles. The zero-order chi connectivity index (χ0) is 13.2. The van der Waals surface area contributed by atoms with Gasteiger partial charge in [-0.2, -0.15) is 0 Å². The molecule has 2 atom stereocenters. The summed E-state index contributed by atoms with van der Waals surface area (Å²) in [5.41, 5.74) is -0.241. The standard InChI is InChI=1S/C13H16N2O3/c1-13(8-16)12(18)14-10(11(17)15-13)7-9-5-3-2-4-6-9/h2-6,10,16H,7-8H2,1H3,(H,14,18)(H,15,17)/t10-,13+/m1/s1. The maximum atomic E-state index is 11.9. The maximum absolute atomic E-state index is 11.9. The van der Waals surface area contributed by atoms with Crippen LogP contribution in [-0.2, 0) is 16.0 Å². The average molecular weight is 248 g/mol. The molecule has 0 aliphatic carbocycles. The van der Waals surface area contributed by atoms with Crippen molar-refractivity contribution in [2.24, 2.45) is 0 Å². The molecule has 0 bridgehead atoms. The first-order chi connectivity index (χ1) is 8.55. The van der Waals surface area contributed by atoms with E-state index in [-0.39, 0.29) is 11.8 Å². The van der Waals surface area contributed by atoms with Crippen molar-refractivity contribution in [1.82, 2.24) is 10.6 Å². The lowest BCUT2D eigenvalue weighted by Gasteiger charge is -2.36. The normalized spacial score (nSPS) is 27.6. The van der Waals surface area contributed by atoms with Crippen molar-refractivity contribution in [2.75, 3.05) is 6.61 Å². The van der Waals surface area contributed by atoms with Gasteiger partial charge in [0.05, 0.1) is 6.61 Å². The van der Waals surface area contributed by atoms with E-state index in [1.807, 2.05) is 30.3 Å². The van der Waals surface area contributed by atoms with Gasteiger partial charge in [0.2, 0.25) is 11.8 Å². The monoisotopic (exact) mass is 248 g/mol. The van der Waals surface area contributed by atoms with Crippen LogP contribution < -0.4 is 10.6 Å². The number of benzene rings is 1. The first-order valence-electron chi connectivity index (χ1n) is 5.83. The van der Waals surface area contributed by atoms with Gasteiger partial charge < -0.3 is 15.7 Å². The number of hydrogen-bond donors (Lipinski definition) is 3. The number of carbonyl (C=O) groups excluding carboxylic acids is 2. The molecule has 1 aliphatic rings. The topological polar surface area (TPSA) is 78.4 Å². The minimum atomic E-state index is -1.22. The van der Waals surface area contributed by atoms with Gasteiger partial charge in [-0.05, 0) is 12.5 Å². The summed E-state index contributed by atoms with van der Waals surface area (Å²) >= 11 is 0. The summed E-state index contributed by atoms with van der Waals surface area (Å²) < 4.78 is 0. The fourth-order valence-electron chi connectivity index (χ4n) is 1.90. The highest BCUT2D eigenvalue weighted by Gasteiger charge is 2.42. The van der Waals surface area contributed by atoms with Gasteiger partial charge in [0.1, 0.15) is 11.6 Å². The molecule has 1 heterocycles. The first kappa shape index (κ1) is 12.6. The molecule has 0 spiro atoms. The Labute approximate surface area is 105 Å². The van der Waals surface area contributed by atoms with Gasteiger partial charge >= 0.3 is 0 Å². The summed E-state index contributed by atoms with van der Waals surface area (Å²) in [5, 5.41) is 14.3. The number of hydrogen-bond acceptors (Lipinski definition) is 3. The molecule has 1 aromatic carbocycles. The van der Waals surface area contributed by atoms with Crippen molar-refractivity contribution in [1.29, 1.82) is 0 Å². The summed E-state index contributed by atoms with van der Waals surface area (Å²) in [5.74, 6) is -0.625. The van der Waals surface area contributed by atoms with Crippen LogP contribution in [0.15, 0.2) is 30.3 Å². The van der Waals surface area contributed by atoms with Gasteiger partial charge in [-0.25, -0.2) is 0 Å². The lowest BCUT2D eigenvalue weighted by molar-refractivity contribution is -0.142. The molecule has 0 radical (unpaired) electrons. The highest BCUT2D eigenvalue weighted by molar-refractivity contribution is 5.99. The zero-order valence-corrected chi connectivity index (χ0v) is 10.1. The van der Waals surface area contributed by atoms with Crippen molar-refractivity contribution in [3.05, 3.63) is 35.9 Å². The molecule has 5 nitrogen and oxygen atoms in total. The fourth-order valence-corrected chi connectivity index (χ4v) is 1.90. The SMILES string of the molecule is C[C@@]1(CO)NC(=O)[C@@H](Cc2ccccc2)NC1=O. The van der Waals surface area contributed by atoms with Gasteiger partial charge in [0.25, 0.3) is 0 Å². The largest absolute Gasteiger partial charge is 0.393 e. The van der Waals surface area contributed by atoms with E-state index >= 15 is 0 Å². The number of rotatable bonds is 3. The molecule has 5 heteroatoms. The van der Waals surface area contributed by atoms with E-state index in [4.69, 9.17) is 5.11 Å². The van der Waals surface area contributed by atoms with E-state index in [0.717, 1.165) is 5.56 Å². The van der Waals surface area contributed by atoms with E-state index in [9.17, 15) is 9.59 Å². The molecule has 2 amide bonds. The smallest absolute Gasteiger partial charge is 0.248 e. The number of carbonyl (C=O) groups is 2. The number of nitrogens with one attached hydrogen (secondary N) is 2. The summed E-state index contributed by atoms with van der Waals surface area (Å²) in [6, 6.07) is 8.88. The minimum absolute atomic E-state index is 0.269. The molecule has 0 aromatic heterocycles. The first-order valence-corrected chi connectivity index (χ1v) is 5.83. The number of aliphatic hydroxyl groups excluding tert-OH is 1. The van der Waals surface area contributed by atoms with Crippen LogP contribution in [0.25, 0.3) is 0 Å². The van der Waals surface area contributed by atoms with E-state index in [1.54, 1.807) is 0 Å².